The summed E-state index contributed by atoms with van der Waals surface area (Å²) < 4.78 is 0.973. The topological polar surface area (TPSA) is 24.4 Å². The Hall–Kier alpha value is -1.33. The number of para-hydroxylation sites is 1. The molecule has 122 valence electrons. The van der Waals surface area contributed by atoms with Gasteiger partial charge in [0, 0.05) is 21.8 Å². The zero-order valence-electron chi connectivity index (χ0n) is 13.1. The average Bonchev–Trinajstić information content (AvgIpc) is 2.96. The highest BCUT2D eigenvalue weighted by molar-refractivity contribution is 7.68. The second-order valence-corrected chi connectivity index (χ2v) is 9.15. The lowest BCUT2D eigenvalue weighted by atomic mass is 9.90. The van der Waals surface area contributed by atoms with Gasteiger partial charge in [-0.3, -0.25) is 0 Å². The van der Waals surface area contributed by atoms with Crippen molar-refractivity contribution in [3.05, 3.63) is 62.1 Å². The van der Waals surface area contributed by atoms with Gasteiger partial charge in [0.1, 0.15) is 4.67 Å². The lowest BCUT2D eigenvalue weighted by Crippen LogP contribution is -2.31. The number of anilines is 1. The van der Waals surface area contributed by atoms with Crippen molar-refractivity contribution in [3.8, 4) is 11.1 Å². The van der Waals surface area contributed by atoms with Crippen LogP contribution >= 0.6 is 43.9 Å². The predicted molar refractivity (Wildman–Crippen MR) is 106 cm³/mol. The Kier molecular flexibility index (Phi) is 3.96. The number of halogens is 2. The molecule has 0 saturated carbocycles. The summed E-state index contributed by atoms with van der Waals surface area (Å²) in [5.74, 6) is 0. The molecule has 3 aromatic rings. The Morgan fingerprint density at radius 2 is 1.83 bits per heavy atom. The van der Waals surface area contributed by atoms with Crippen molar-refractivity contribution in [1.29, 1.82) is 0 Å². The highest BCUT2D eigenvalue weighted by atomic mass is 35.5. The number of nitrogens with zero attached hydrogens (tertiary/aromatic N) is 1. The molecule has 2 nitrogen and oxygen atoms in total. The fraction of sp³-hybridized carbons (Fsp3) is 0.167. The summed E-state index contributed by atoms with van der Waals surface area (Å²) in [6.45, 7) is 4.39. The lowest BCUT2D eigenvalue weighted by molar-refractivity contribution is 0.619. The molecular formula is C18H14Cl2N2S2. The molecule has 0 atom stereocenters. The van der Waals surface area contributed by atoms with Crippen LogP contribution in [-0.4, -0.2) is 0 Å². The zero-order valence-corrected chi connectivity index (χ0v) is 16.2. The van der Waals surface area contributed by atoms with Crippen LogP contribution in [0, 0.1) is 0 Å². The number of nitrogens with one attached hydrogen (secondary N) is 1. The van der Waals surface area contributed by atoms with Crippen LogP contribution in [0.15, 0.2) is 47.5 Å². The first-order chi connectivity index (χ1) is 11.5. The summed E-state index contributed by atoms with van der Waals surface area (Å²) >= 11 is 12.4. The highest BCUT2D eigenvalue weighted by Gasteiger charge is 2.33. The van der Waals surface area contributed by atoms with Gasteiger partial charge in [0.2, 0.25) is 0 Å². The Labute approximate surface area is 157 Å². The molecule has 0 aliphatic carbocycles. The lowest BCUT2D eigenvalue weighted by Gasteiger charge is -2.33. The molecule has 4 rings (SSSR count). The van der Waals surface area contributed by atoms with E-state index in [1.165, 1.54) is 16.0 Å². The summed E-state index contributed by atoms with van der Waals surface area (Å²) in [6.07, 6.45) is 0. The minimum absolute atomic E-state index is 0.128. The maximum absolute atomic E-state index is 6.30. The van der Waals surface area contributed by atoms with E-state index in [-0.39, 0.29) is 5.54 Å². The van der Waals surface area contributed by atoms with Gasteiger partial charge in [0.15, 0.2) is 0 Å². The molecule has 0 unspecified atom stereocenters. The van der Waals surface area contributed by atoms with Crippen LogP contribution in [-0.2, 0) is 5.54 Å². The summed E-state index contributed by atoms with van der Waals surface area (Å²) in [5, 5.41) is 4.86. The van der Waals surface area contributed by atoms with Gasteiger partial charge in [-0.2, -0.15) is 0 Å². The Morgan fingerprint density at radius 1 is 1.04 bits per heavy atom. The summed E-state index contributed by atoms with van der Waals surface area (Å²) in [5.41, 5.74) is 4.09. The van der Waals surface area contributed by atoms with Gasteiger partial charge >= 0.3 is 0 Å². The van der Waals surface area contributed by atoms with Crippen LogP contribution in [0.5, 0.6) is 0 Å². The van der Waals surface area contributed by atoms with E-state index in [9.17, 15) is 0 Å². The Balaban J connectivity index is 2.00. The largest absolute Gasteiger partial charge is 0.375 e. The van der Waals surface area contributed by atoms with E-state index < -0.39 is 0 Å². The minimum Gasteiger partial charge on any atom is -0.375 e. The third-order valence-electron chi connectivity index (χ3n) is 3.99. The maximum atomic E-state index is 6.30. The van der Waals surface area contributed by atoms with Crippen LogP contribution in [0.2, 0.25) is 10.0 Å². The van der Waals surface area contributed by atoms with E-state index in [1.807, 2.05) is 6.07 Å². The molecule has 0 bridgehead atoms. The van der Waals surface area contributed by atoms with Crippen LogP contribution in [0.3, 0.4) is 0 Å². The van der Waals surface area contributed by atoms with E-state index >= 15 is 0 Å². The van der Waals surface area contributed by atoms with Crippen LogP contribution < -0.4 is 9.99 Å². The normalized spacial score (nSPS) is 15.6. The minimum atomic E-state index is -0.128. The van der Waals surface area contributed by atoms with Crippen molar-refractivity contribution in [3.63, 3.8) is 0 Å². The van der Waals surface area contributed by atoms with Gasteiger partial charge in [0.25, 0.3) is 0 Å². The first kappa shape index (κ1) is 16.2. The first-order valence-corrected chi connectivity index (χ1v) is 10.4. The van der Waals surface area contributed by atoms with Gasteiger partial charge in [-0.05, 0) is 38.1 Å². The van der Waals surface area contributed by atoms with Gasteiger partial charge in [-0.1, -0.05) is 62.1 Å². The molecule has 0 saturated heterocycles. The van der Waals surface area contributed by atoms with Crippen molar-refractivity contribution >= 4 is 55.3 Å². The molecule has 0 amide bonds. The highest BCUT2D eigenvalue weighted by Crippen LogP contribution is 2.45. The molecule has 0 spiro atoms. The number of hydrogen-bond acceptors (Lipinski definition) is 4. The predicted octanol–water partition coefficient (Wildman–Crippen LogP) is 6.68. The Bertz CT molecular complexity index is 1000. The standard InChI is InChI=1S/C18H14Cl2N2S2/c1-18(2)16-15(11-5-3-4-6-13(11)22-18)17(24-23-16)21-14-9-10(19)7-8-12(14)20/h3-9,22H,1-2H3. The quantitative estimate of drug-likeness (QED) is 0.459. The third kappa shape index (κ3) is 2.68. The molecular weight excluding hydrogens is 379 g/mol. The molecule has 1 aliphatic heterocycles. The van der Waals surface area contributed by atoms with Gasteiger partial charge in [0.05, 0.1) is 21.1 Å². The number of hydrogen-bond donors (Lipinski definition) is 1. The average molecular weight is 393 g/mol. The molecule has 1 aliphatic rings. The molecule has 24 heavy (non-hydrogen) atoms. The van der Waals surface area contributed by atoms with Gasteiger partial charge < -0.3 is 5.32 Å². The van der Waals surface area contributed by atoms with Crippen molar-refractivity contribution in [1.82, 2.24) is 0 Å². The van der Waals surface area contributed by atoms with Crippen molar-refractivity contribution in [2.24, 2.45) is 4.99 Å². The SMILES string of the molecule is CC1(C)Nc2ccccc2-c2c1ssc2=Nc1cc(Cl)ccc1Cl. The van der Waals surface area contributed by atoms with E-state index in [0.29, 0.717) is 15.7 Å². The van der Waals surface area contributed by atoms with Gasteiger partial charge in [-0.15, -0.1) is 0 Å². The molecule has 0 radical (unpaired) electrons. The summed E-state index contributed by atoms with van der Waals surface area (Å²) in [6, 6.07) is 13.7. The molecule has 2 aromatic carbocycles. The van der Waals surface area contributed by atoms with Crippen molar-refractivity contribution in [2.45, 2.75) is 19.4 Å². The van der Waals surface area contributed by atoms with E-state index in [1.54, 1.807) is 38.9 Å². The van der Waals surface area contributed by atoms with Crippen LogP contribution in [0.4, 0.5) is 11.4 Å². The Morgan fingerprint density at radius 3 is 2.67 bits per heavy atom. The molecule has 2 heterocycles. The van der Waals surface area contributed by atoms with E-state index in [4.69, 9.17) is 28.2 Å². The maximum Gasteiger partial charge on any atom is 0.135 e. The third-order valence-corrected chi connectivity index (χ3v) is 7.18. The van der Waals surface area contributed by atoms with E-state index in [2.05, 4.69) is 37.4 Å². The number of fused-ring (bicyclic) bond motifs is 3. The molecule has 0 fully saturated rings. The van der Waals surface area contributed by atoms with Gasteiger partial charge in [-0.25, -0.2) is 4.99 Å². The van der Waals surface area contributed by atoms with Crippen LogP contribution in [0.1, 0.15) is 18.7 Å². The molecule has 1 N–H and O–H groups in total. The first-order valence-electron chi connectivity index (χ1n) is 7.47. The monoisotopic (exact) mass is 392 g/mol. The smallest absolute Gasteiger partial charge is 0.135 e. The summed E-state index contributed by atoms with van der Waals surface area (Å²) in [4.78, 5) is 6.12. The number of rotatable bonds is 1. The second-order valence-electron chi connectivity index (χ2n) is 6.18. The fourth-order valence-corrected chi connectivity index (χ4v) is 6.13. The van der Waals surface area contributed by atoms with Crippen molar-refractivity contribution in [2.75, 3.05) is 5.32 Å². The molecule has 6 heteroatoms. The van der Waals surface area contributed by atoms with Crippen molar-refractivity contribution < 1.29 is 0 Å². The number of benzene rings is 2. The summed E-state index contributed by atoms with van der Waals surface area (Å²) in [7, 11) is 3.44. The van der Waals surface area contributed by atoms with E-state index in [0.717, 1.165) is 10.4 Å². The fourth-order valence-electron chi connectivity index (χ4n) is 2.87. The molecule has 1 aromatic heterocycles. The second kappa shape index (κ2) is 5.88. The van der Waals surface area contributed by atoms with Crippen LogP contribution in [0.25, 0.3) is 11.1 Å². The zero-order chi connectivity index (χ0) is 16.9.